The van der Waals surface area contributed by atoms with E-state index in [2.05, 4.69) is 10.9 Å². The Bertz CT molecular complexity index is 730. The summed E-state index contributed by atoms with van der Waals surface area (Å²) in [6.45, 7) is 10.3. The molecule has 0 unspecified atom stereocenters. The Morgan fingerprint density at radius 3 is 2.12 bits per heavy atom. The number of hydrogen-bond acceptors (Lipinski definition) is 6. The Morgan fingerprint density at radius 1 is 1.00 bits per heavy atom. The number of ether oxygens (including phenoxy) is 2. The van der Waals surface area contributed by atoms with Gasteiger partial charge in [0.05, 0.1) is 0 Å². The molecule has 2 N–H and O–H groups in total. The van der Waals surface area contributed by atoms with Gasteiger partial charge in [-0.15, -0.1) is 0 Å². The van der Waals surface area contributed by atoms with Crippen molar-refractivity contribution in [2.45, 2.75) is 64.7 Å². The van der Waals surface area contributed by atoms with Gasteiger partial charge in [-0.1, -0.05) is 24.3 Å². The van der Waals surface area contributed by atoms with Gasteiger partial charge in [0.15, 0.2) is 5.78 Å². The van der Waals surface area contributed by atoms with E-state index in [1.165, 1.54) is 0 Å². The molecule has 0 fully saturated rings. The Balaban J connectivity index is 2.28. The van der Waals surface area contributed by atoms with Crippen molar-refractivity contribution in [3.05, 3.63) is 35.4 Å². The van der Waals surface area contributed by atoms with E-state index in [4.69, 9.17) is 9.47 Å². The summed E-state index contributed by atoms with van der Waals surface area (Å²) in [5, 5.41) is 0. The summed E-state index contributed by atoms with van der Waals surface area (Å²) in [5.74, 6) is -1.19. The van der Waals surface area contributed by atoms with Gasteiger partial charge >= 0.3 is 12.1 Å². The minimum Gasteiger partial charge on any atom is -0.458 e. The Kier molecular flexibility index (Phi) is 5.14. The standard InChI is InChI=1S/C19H26N2O5/c1-17(2,3)25-15(23)19(21-20-16(24)26-18(4,5)6)11-12-9-7-8-10-13(12)14(19)22/h7-10,21H,11H2,1-6H3,(H,20,24)/t19-/m0/s1. The quantitative estimate of drug-likeness (QED) is 0.488. The number of fused-ring (bicyclic) bond motifs is 1. The van der Waals surface area contributed by atoms with E-state index in [1.54, 1.807) is 65.8 Å². The number of hydrazine groups is 1. The lowest BCUT2D eigenvalue weighted by Gasteiger charge is -2.31. The first kappa shape index (κ1) is 19.9. The molecule has 1 aliphatic rings. The molecule has 0 spiro atoms. The second-order valence-corrected chi connectivity index (χ2v) is 8.32. The highest BCUT2D eigenvalue weighted by Crippen LogP contribution is 2.32. The fourth-order valence-electron chi connectivity index (χ4n) is 2.64. The summed E-state index contributed by atoms with van der Waals surface area (Å²) in [4.78, 5) is 37.8. The van der Waals surface area contributed by atoms with E-state index in [0.29, 0.717) is 11.1 Å². The fraction of sp³-hybridized carbons (Fsp3) is 0.526. The molecule has 26 heavy (non-hydrogen) atoms. The Labute approximate surface area is 153 Å². The molecule has 0 aromatic heterocycles. The summed E-state index contributed by atoms with van der Waals surface area (Å²) < 4.78 is 10.6. The zero-order valence-electron chi connectivity index (χ0n) is 16.1. The topological polar surface area (TPSA) is 93.7 Å². The first-order chi connectivity index (χ1) is 11.8. The van der Waals surface area contributed by atoms with Crippen LogP contribution >= 0.6 is 0 Å². The van der Waals surface area contributed by atoms with Crippen LogP contribution in [-0.2, 0) is 20.7 Å². The van der Waals surface area contributed by atoms with E-state index in [0.717, 1.165) is 0 Å². The third-order valence-electron chi connectivity index (χ3n) is 3.63. The zero-order valence-corrected chi connectivity index (χ0v) is 16.1. The summed E-state index contributed by atoms with van der Waals surface area (Å²) in [7, 11) is 0. The van der Waals surface area contributed by atoms with Crippen LogP contribution in [-0.4, -0.2) is 34.6 Å². The predicted octanol–water partition coefficient (Wildman–Crippen LogP) is 2.54. The Hall–Kier alpha value is -2.41. The van der Waals surface area contributed by atoms with Crippen LogP contribution < -0.4 is 10.9 Å². The molecular formula is C19H26N2O5. The van der Waals surface area contributed by atoms with Crippen molar-refractivity contribution >= 4 is 17.8 Å². The van der Waals surface area contributed by atoms with Crippen molar-refractivity contribution in [1.29, 1.82) is 0 Å². The molecule has 142 valence electrons. The van der Waals surface area contributed by atoms with Crippen molar-refractivity contribution in [3.8, 4) is 0 Å². The number of carbonyl (C=O) groups is 3. The monoisotopic (exact) mass is 362 g/mol. The number of ketones is 1. The summed E-state index contributed by atoms with van der Waals surface area (Å²) >= 11 is 0. The molecule has 0 heterocycles. The third kappa shape index (κ3) is 4.40. The molecule has 7 heteroatoms. The second kappa shape index (κ2) is 6.72. The number of amides is 1. The summed E-state index contributed by atoms with van der Waals surface area (Å²) in [6.07, 6.45) is -0.712. The highest BCUT2D eigenvalue weighted by molar-refractivity contribution is 6.20. The first-order valence-corrected chi connectivity index (χ1v) is 8.46. The lowest BCUT2D eigenvalue weighted by molar-refractivity contribution is -0.161. The minimum absolute atomic E-state index is 0.0761. The van der Waals surface area contributed by atoms with Crippen LogP contribution in [0.1, 0.15) is 57.5 Å². The Morgan fingerprint density at radius 2 is 1.58 bits per heavy atom. The SMILES string of the molecule is CC(C)(C)OC(=O)NN[C@@]1(C(=O)OC(C)(C)C)Cc2ccccc2C1=O. The molecule has 1 aromatic rings. The number of esters is 1. The normalized spacial score (nSPS) is 19.7. The van der Waals surface area contributed by atoms with Crippen LogP contribution in [0, 0.1) is 0 Å². The summed E-state index contributed by atoms with van der Waals surface area (Å²) in [5.41, 5.74) is 2.82. The van der Waals surface area contributed by atoms with Crippen LogP contribution in [0.3, 0.4) is 0 Å². The molecule has 0 bridgehead atoms. The van der Waals surface area contributed by atoms with E-state index >= 15 is 0 Å². The molecular weight excluding hydrogens is 336 g/mol. The molecule has 1 atom stereocenters. The average molecular weight is 362 g/mol. The van der Waals surface area contributed by atoms with Crippen LogP contribution in [0.15, 0.2) is 24.3 Å². The van der Waals surface area contributed by atoms with Crippen molar-refractivity contribution in [1.82, 2.24) is 10.9 Å². The highest BCUT2D eigenvalue weighted by atomic mass is 16.6. The minimum atomic E-state index is -1.73. The van der Waals surface area contributed by atoms with E-state index in [1.807, 2.05) is 0 Å². The average Bonchev–Trinajstić information content (AvgIpc) is 2.76. The largest absolute Gasteiger partial charge is 0.458 e. The van der Waals surface area contributed by atoms with Gasteiger partial charge in [-0.25, -0.2) is 15.0 Å². The molecule has 1 amide bonds. The molecule has 0 aliphatic heterocycles. The maximum absolute atomic E-state index is 13.0. The van der Waals surface area contributed by atoms with Gasteiger partial charge in [0.25, 0.3) is 0 Å². The van der Waals surface area contributed by atoms with E-state index in [9.17, 15) is 14.4 Å². The molecule has 7 nitrogen and oxygen atoms in total. The van der Waals surface area contributed by atoms with Crippen molar-refractivity contribution < 1.29 is 23.9 Å². The smallest absolute Gasteiger partial charge is 0.422 e. The zero-order chi connectivity index (χ0) is 19.8. The van der Waals surface area contributed by atoms with Gasteiger partial charge < -0.3 is 9.47 Å². The van der Waals surface area contributed by atoms with Crippen LogP contribution in [0.4, 0.5) is 4.79 Å². The van der Waals surface area contributed by atoms with Gasteiger partial charge in [-0.2, -0.15) is 0 Å². The van der Waals surface area contributed by atoms with E-state index < -0.39 is 34.6 Å². The van der Waals surface area contributed by atoms with Crippen LogP contribution in [0.25, 0.3) is 0 Å². The molecule has 1 aliphatic carbocycles. The number of Topliss-reactive ketones (excluding diaryl/α,β-unsaturated/α-hetero) is 1. The van der Waals surface area contributed by atoms with Crippen molar-refractivity contribution in [2.75, 3.05) is 0 Å². The molecule has 1 aromatic carbocycles. The number of nitrogens with one attached hydrogen (secondary N) is 2. The van der Waals surface area contributed by atoms with Crippen LogP contribution in [0.2, 0.25) is 0 Å². The van der Waals surface area contributed by atoms with Crippen molar-refractivity contribution in [3.63, 3.8) is 0 Å². The fourth-order valence-corrected chi connectivity index (χ4v) is 2.64. The predicted molar refractivity (Wildman–Crippen MR) is 95.6 cm³/mol. The molecule has 2 rings (SSSR count). The molecule has 0 saturated carbocycles. The summed E-state index contributed by atoms with van der Waals surface area (Å²) in [6, 6.07) is 6.94. The molecule has 0 radical (unpaired) electrons. The lowest BCUT2D eigenvalue weighted by atomic mass is 9.95. The van der Waals surface area contributed by atoms with Gasteiger partial charge in [0, 0.05) is 12.0 Å². The number of rotatable bonds is 3. The third-order valence-corrected chi connectivity index (χ3v) is 3.63. The number of hydrogen-bond donors (Lipinski definition) is 2. The lowest BCUT2D eigenvalue weighted by Crippen LogP contribution is -2.64. The highest BCUT2D eigenvalue weighted by Gasteiger charge is 2.54. The number of carbonyl (C=O) groups excluding carboxylic acids is 3. The van der Waals surface area contributed by atoms with Crippen LogP contribution in [0.5, 0.6) is 0 Å². The second-order valence-electron chi connectivity index (χ2n) is 8.32. The van der Waals surface area contributed by atoms with Gasteiger partial charge in [-0.3, -0.25) is 10.2 Å². The van der Waals surface area contributed by atoms with Gasteiger partial charge in [-0.05, 0) is 47.1 Å². The first-order valence-electron chi connectivity index (χ1n) is 8.46. The molecule has 0 saturated heterocycles. The van der Waals surface area contributed by atoms with Gasteiger partial charge in [0.1, 0.15) is 11.2 Å². The maximum Gasteiger partial charge on any atom is 0.422 e. The van der Waals surface area contributed by atoms with Gasteiger partial charge in [0.2, 0.25) is 5.54 Å². The van der Waals surface area contributed by atoms with E-state index in [-0.39, 0.29) is 6.42 Å². The van der Waals surface area contributed by atoms with Crippen molar-refractivity contribution in [2.24, 2.45) is 0 Å². The number of benzene rings is 1. The maximum atomic E-state index is 13.0.